The second-order valence-corrected chi connectivity index (χ2v) is 2.96. The molecule has 0 aliphatic carbocycles. The van der Waals surface area contributed by atoms with Crippen LogP contribution in [0.25, 0.3) is 0 Å². The van der Waals surface area contributed by atoms with E-state index in [-0.39, 0.29) is 15.6 Å². The number of halogens is 3. The standard InChI is InChI=1S/C7H4ClF2NS/c8-4-2-6(10)5(9)1-3(4)7(11)12/h1-2H,(H2,11,12). The Hall–Kier alpha value is -0.740. The fraction of sp³-hybridized carbons (Fsp3) is 0. The number of hydrogen-bond donors (Lipinski definition) is 1. The van der Waals surface area contributed by atoms with Crippen LogP contribution in [-0.4, -0.2) is 4.99 Å². The van der Waals surface area contributed by atoms with Crippen molar-refractivity contribution in [2.75, 3.05) is 0 Å². The first-order chi connectivity index (χ1) is 5.52. The SMILES string of the molecule is NC(=S)c1cc(F)c(F)cc1Cl. The number of nitrogens with two attached hydrogens (primary N) is 1. The first-order valence-electron chi connectivity index (χ1n) is 2.96. The first kappa shape index (κ1) is 9.35. The lowest BCUT2D eigenvalue weighted by Crippen LogP contribution is -2.10. The summed E-state index contributed by atoms with van der Waals surface area (Å²) in [4.78, 5) is -0.0566. The largest absolute Gasteiger partial charge is 0.389 e. The van der Waals surface area contributed by atoms with Gasteiger partial charge in [0.2, 0.25) is 0 Å². The molecule has 5 heteroatoms. The second-order valence-electron chi connectivity index (χ2n) is 2.11. The van der Waals surface area contributed by atoms with E-state index >= 15 is 0 Å². The van der Waals surface area contributed by atoms with Gasteiger partial charge >= 0.3 is 0 Å². The molecule has 1 nitrogen and oxygen atoms in total. The van der Waals surface area contributed by atoms with E-state index in [1.165, 1.54) is 0 Å². The quantitative estimate of drug-likeness (QED) is 0.565. The third kappa shape index (κ3) is 1.70. The summed E-state index contributed by atoms with van der Waals surface area (Å²) in [5, 5.41) is 0.0152. The van der Waals surface area contributed by atoms with E-state index in [0.717, 1.165) is 12.1 Å². The minimum atomic E-state index is -1.01. The monoisotopic (exact) mass is 207 g/mol. The molecule has 1 rings (SSSR count). The summed E-state index contributed by atoms with van der Waals surface area (Å²) < 4.78 is 25.1. The molecule has 0 saturated heterocycles. The maximum atomic E-state index is 12.6. The van der Waals surface area contributed by atoms with Gasteiger partial charge in [-0.1, -0.05) is 23.8 Å². The molecule has 0 heterocycles. The molecule has 0 radical (unpaired) electrons. The predicted molar refractivity (Wildman–Crippen MR) is 47.3 cm³/mol. The Morgan fingerprint density at radius 2 is 1.83 bits per heavy atom. The van der Waals surface area contributed by atoms with Crippen molar-refractivity contribution in [3.05, 3.63) is 34.4 Å². The van der Waals surface area contributed by atoms with Crippen LogP contribution in [0.5, 0.6) is 0 Å². The molecule has 0 saturated carbocycles. The maximum Gasteiger partial charge on any atom is 0.160 e. The fourth-order valence-electron chi connectivity index (χ4n) is 0.711. The van der Waals surface area contributed by atoms with Gasteiger partial charge < -0.3 is 5.73 Å². The molecule has 12 heavy (non-hydrogen) atoms. The lowest BCUT2D eigenvalue weighted by Gasteiger charge is -2.01. The molecule has 1 aromatic rings. The Morgan fingerprint density at radius 1 is 1.33 bits per heavy atom. The van der Waals surface area contributed by atoms with Crippen LogP contribution in [0.15, 0.2) is 12.1 Å². The maximum absolute atomic E-state index is 12.6. The van der Waals surface area contributed by atoms with Crippen LogP contribution in [0.2, 0.25) is 5.02 Å². The van der Waals surface area contributed by atoms with Gasteiger partial charge in [0, 0.05) is 5.56 Å². The first-order valence-corrected chi connectivity index (χ1v) is 3.75. The average molecular weight is 208 g/mol. The Labute approximate surface area is 78.1 Å². The van der Waals surface area contributed by atoms with Crippen LogP contribution in [0.4, 0.5) is 8.78 Å². The van der Waals surface area contributed by atoms with Crippen molar-refractivity contribution in [3.8, 4) is 0 Å². The van der Waals surface area contributed by atoms with E-state index in [9.17, 15) is 8.78 Å². The summed E-state index contributed by atoms with van der Waals surface area (Å²) >= 11 is 10.1. The van der Waals surface area contributed by atoms with Gasteiger partial charge in [0.15, 0.2) is 11.6 Å². The van der Waals surface area contributed by atoms with Crippen LogP contribution in [0.3, 0.4) is 0 Å². The van der Waals surface area contributed by atoms with Gasteiger partial charge in [0.25, 0.3) is 0 Å². The molecule has 0 fully saturated rings. The van der Waals surface area contributed by atoms with Crippen LogP contribution in [0, 0.1) is 11.6 Å². The Bertz CT molecular complexity index is 340. The summed E-state index contributed by atoms with van der Waals surface area (Å²) in [6, 6.07) is 1.71. The van der Waals surface area contributed by atoms with Crippen molar-refractivity contribution >= 4 is 28.8 Å². The Kier molecular flexibility index (Phi) is 2.59. The van der Waals surface area contributed by atoms with E-state index < -0.39 is 11.6 Å². The van der Waals surface area contributed by atoms with Gasteiger partial charge in [0.05, 0.1) is 5.02 Å². The lowest BCUT2D eigenvalue weighted by atomic mass is 10.2. The van der Waals surface area contributed by atoms with Crippen molar-refractivity contribution in [2.24, 2.45) is 5.73 Å². The molecular formula is C7H4ClF2NS. The zero-order valence-electron chi connectivity index (χ0n) is 5.77. The number of thiocarbonyl (C=S) groups is 1. The summed E-state index contributed by atoms with van der Waals surface area (Å²) in [6.07, 6.45) is 0. The lowest BCUT2D eigenvalue weighted by molar-refractivity contribution is 0.508. The fourth-order valence-corrected chi connectivity index (χ4v) is 1.19. The molecular weight excluding hydrogens is 204 g/mol. The third-order valence-electron chi connectivity index (χ3n) is 1.28. The molecule has 0 spiro atoms. The van der Waals surface area contributed by atoms with E-state index in [0.29, 0.717) is 0 Å². The molecule has 0 aliphatic heterocycles. The van der Waals surface area contributed by atoms with E-state index in [4.69, 9.17) is 17.3 Å². The highest BCUT2D eigenvalue weighted by molar-refractivity contribution is 7.80. The molecule has 0 aliphatic rings. The molecule has 0 bridgehead atoms. The normalized spacial score (nSPS) is 9.92. The Balaban J connectivity index is 3.33. The average Bonchev–Trinajstić information content (AvgIpc) is 1.96. The predicted octanol–water partition coefficient (Wildman–Crippen LogP) is 2.25. The van der Waals surface area contributed by atoms with Crippen LogP contribution in [-0.2, 0) is 0 Å². The van der Waals surface area contributed by atoms with Gasteiger partial charge in [-0.25, -0.2) is 8.78 Å². The number of rotatable bonds is 1. The summed E-state index contributed by atoms with van der Waals surface area (Å²) in [5.74, 6) is -2.03. The molecule has 2 N–H and O–H groups in total. The molecule has 0 atom stereocenters. The van der Waals surface area contributed by atoms with Gasteiger partial charge in [-0.15, -0.1) is 0 Å². The van der Waals surface area contributed by atoms with Crippen molar-refractivity contribution < 1.29 is 8.78 Å². The second kappa shape index (κ2) is 3.33. The molecule has 0 unspecified atom stereocenters. The molecule has 0 aromatic heterocycles. The minimum Gasteiger partial charge on any atom is -0.389 e. The van der Waals surface area contributed by atoms with Gasteiger partial charge in [-0.2, -0.15) is 0 Å². The van der Waals surface area contributed by atoms with E-state index in [2.05, 4.69) is 12.2 Å². The van der Waals surface area contributed by atoms with Gasteiger partial charge in [-0.3, -0.25) is 0 Å². The molecule has 1 aromatic carbocycles. The number of benzene rings is 1. The van der Waals surface area contributed by atoms with Crippen molar-refractivity contribution in [1.29, 1.82) is 0 Å². The molecule has 64 valence electrons. The van der Waals surface area contributed by atoms with Crippen molar-refractivity contribution in [3.63, 3.8) is 0 Å². The summed E-state index contributed by atoms with van der Waals surface area (Å²) in [5.41, 5.74) is 5.34. The topological polar surface area (TPSA) is 26.0 Å². The van der Waals surface area contributed by atoms with Crippen LogP contribution >= 0.6 is 23.8 Å². The summed E-state index contributed by atoms with van der Waals surface area (Å²) in [6.45, 7) is 0. The zero-order chi connectivity index (χ0) is 9.30. The van der Waals surface area contributed by atoms with E-state index in [1.54, 1.807) is 0 Å². The number of hydrogen-bond acceptors (Lipinski definition) is 1. The van der Waals surface area contributed by atoms with Crippen molar-refractivity contribution in [1.82, 2.24) is 0 Å². The van der Waals surface area contributed by atoms with Gasteiger partial charge in [0.1, 0.15) is 4.99 Å². The van der Waals surface area contributed by atoms with Gasteiger partial charge in [-0.05, 0) is 12.1 Å². The highest BCUT2D eigenvalue weighted by Gasteiger charge is 2.09. The van der Waals surface area contributed by atoms with Crippen molar-refractivity contribution in [2.45, 2.75) is 0 Å². The third-order valence-corrected chi connectivity index (χ3v) is 1.81. The Morgan fingerprint density at radius 3 is 2.33 bits per heavy atom. The zero-order valence-corrected chi connectivity index (χ0v) is 7.35. The highest BCUT2D eigenvalue weighted by atomic mass is 35.5. The summed E-state index contributed by atoms with van der Waals surface area (Å²) in [7, 11) is 0. The van der Waals surface area contributed by atoms with Crippen LogP contribution < -0.4 is 5.73 Å². The minimum absolute atomic E-state index is 0.0152. The van der Waals surface area contributed by atoms with Crippen LogP contribution in [0.1, 0.15) is 5.56 Å². The highest BCUT2D eigenvalue weighted by Crippen LogP contribution is 2.19. The smallest absolute Gasteiger partial charge is 0.160 e. The van der Waals surface area contributed by atoms with E-state index in [1.807, 2.05) is 0 Å². The molecule has 0 amide bonds.